The molecule has 0 aliphatic carbocycles. The zero-order valence-corrected chi connectivity index (χ0v) is 17.8. The van der Waals surface area contributed by atoms with Crippen LogP contribution in [0.2, 0.25) is 0 Å². The predicted octanol–water partition coefficient (Wildman–Crippen LogP) is 2.74. The SMILES string of the molecule is CC(=O)N1C(=O)C(=C2SC(N3CCN(c4ccccc4)CC3)=NC2=O)c2ccccc21. The molecule has 0 spiro atoms. The van der Waals surface area contributed by atoms with Gasteiger partial charge in [0.2, 0.25) is 5.91 Å². The number of thioether (sulfide) groups is 1. The van der Waals surface area contributed by atoms with E-state index in [2.05, 4.69) is 26.9 Å². The van der Waals surface area contributed by atoms with Crippen LogP contribution in [-0.2, 0) is 14.4 Å². The maximum absolute atomic E-state index is 13.0. The van der Waals surface area contributed by atoms with E-state index >= 15 is 0 Å². The fourth-order valence-electron chi connectivity index (χ4n) is 4.13. The highest BCUT2D eigenvalue weighted by atomic mass is 32.2. The first-order chi connectivity index (χ1) is 15.0. The molecular weight excluding hydrogens is 412 g/mol. The van der Waals surface area contributed by atoms with Gasteiger partial charge >= 0.3 is 0 Å². The number of hydrogen-bond acceptors (Lipinski definition) is 6. The normalized spacial score (nSPS) is 20.9. The number of amides is 3. The molecule has 3 aliphatic heterocycles. The predicted molar refractivity (Wildman–Crippen MR) is 122 cm³/mol. The molecule has 0 N–H and O–H groups in total. The second-order valence-electron chi connectivity index (χ2n) is 7.49. The van der Waals surface area contributed by atoms with Gasteiger partial charge in [-0.2, -0.15) is 4.99 Å². The molecular formula is C23H20N4O3S. The lowest BCUT2D eigenvalue weighted by atomic mass is 10.1. The minimum Gasteiger partial charge on any atom is -0.368 e. The van der Waals surface area contributed by atoms with E-state index in [1.54, 1.807) is 24.3 Å². The van der Waals surface area contributed by atoms with Crippen LogP contribution in [0.5, 0.6) is 0 Å². The molecule has 2 aromatic rings. The monoisotopic (exact) mass is 432 g/mol. The van der Waals surface area contributed by atoms with Gasteiger partial charge in [-0.15, -0.1) is 0 Å². The van der Waals surface area contributed by atoms with Crippen molar-refractivity contribution < 1.29 is 14.4 Å². The summed E-state index contributed by atoms with van der Waals surface area (Å²) < 4.78 is 0. The first-order valence-corrected chi connectivity index (χ1v) is 10.9. The van der Waals surface area contributed by atoms with E-state index in [4.69, 9.17) is 0 Å². The van der Waals surface area contributed by atoms with Crippen LogP contribution in [0.15, 0.2) is 64.5 Å². The van der Waals surface area contributed by atoms with E-state index in [1.807, 2.05) is 18.2 Å². The number of carbonyl (C=O) groups is 3. The van der Waals surface area contributed by atoms with Crippen molar-refractivity contribution in [1.29, 1.82) is 0 Å². The third-order valence-corrected chi connectivity index (χ3v) is 6.74. The van der Waals surface area contributed by atoms with Crippen molar-refractivity contribution in [3.05, 3.63) is 65.1 Å². The molecule has 0 atom stereocenters. The first-order valence-electron chi connectivity index (χ1n) is 10.1. The van der Waals surface area contributed by atoms with Crippen LogP contribution in [0.25, 0.3) is 5.57 Å². The van der Waals surface area contributed by atoms with Crippen LogP contribution >= 0.6 is 11.8 Å². The van der Waals surface area contributed by atoms with Crippen molar-refractivity contribution in [2.24, 2.45) is 4.99 Å². The Bertz CT molecular complexity index is 1150. The molecule has 156 valence electrons. The van der Waals surface area contributed by atoms with Crippen molar-refractivity contribution in [2.45, 2.75) is 6.92 Å². The largest absolute Gasteiger partial charge is 0.368 e. The Balaban J connectivity index is 1.38. The number of imide groups is 1. The zero-order valence-electron chi connectivity index (χ0n) is 16.9. The van der Waals surface area contributed by atoms with Gasteiger partial charge in [0.1, 0.15) is 0 Å². The van der Waals surface area contributed by atoms with E-state index < -0.39 is 11.8 Å². The maximum Gasteiger partial charge on any atom is 0.287 e. The number of nitrogens with zero attached hydrogens (tertiary/aromatic N) is 4. The lowest BCUT2D eigenvalue weighted by molar-refractivity contribution is -0.122. The van der Waals surface area contributed by atoms with Gasteiger partial charge < -0.3 is 9.80 Å². The van der Waals surface area contributed by atoms with Gasteiger partial charge in [0, 0.05) is 44.4 Å². The number of benzene rings is 2. The molecule has 3 heterocycles. The second kappa shape index (κ2) is 7.70. The number of amidine groups is 1. The Labute approximate surface area is 184 Å². The van der Waals surface area contributed by atoms with Gasteiger partial charge in [-0.1, -0.05) is 36.4 Å². The topological polar surface area (TPSA) is 73.3 Å². The third-order valence-electron chi connectivity index (χ3n) is 5.63. The highest BCUT2D eigenvalue weighted by molar-refractivity contribution is 8.18. The van der Waals surface area contributed by atoms with Crippen molar-refractivity contribution in [2.75, 3.05) is 36.0 Å². The summed E-state index contributed by atoms with van der Waals surface area (Å²) in [6.07, 6.45) is 0. The van der Waals surface area contributed by atoms with E-state index in [0.717, 1.165) is 31.1 Å². The minimum atomic E-state index is -0.463. The van der Waals surface area contributed by atoms with Crippen LogP contribution in [0.1, 0.15) is 12.5 Å². The number of aliphatic imine (C=N–C) groups is 1. The number of rotatable bonds is 1. The standard InChI is InChI=1S/C23H20N4O3S/c1-15(28)27-18-10-6-5-9-17(18)19(22(27)30)20-21(29)24-23(31-20)26-13-11-25(12-14-26)16-7-3-2-4-8-16/h2-10H,11-14H2,1H3. The summed E-state index contributed by atoms with van der Waals surface area (Å²) in [5.41, 5.74) is 2.56. The molecule has 0 aromatic heterocycles. The highest BCUT2D eigenvalue weighted by Gasteiger charge is 2.41. The Morgan fingerprint density at radius 3 is 2.26 bits per heavy atom. The van der Waals surface area contributed by atoms with Gasteiger partial charge in [-0.25, -0.2) is 4.90 Å². The summed E-state index contributed by atoms with van der Waals surface area (Å²) in [5.74, 6) is -1.26. The van der Waals surface area contributed by atoms with Crippen molar-refractivity contribution in [1.82, 2.24) is 4.90 Å². The summed E-state index contributed by atoms with van der Waals surface area (Å²) >= 11 is 1.23. The number of para-hydroxylation sites is 2. The molecule has 2 aromatic carbocycles. The molecule has 0 bridgehead atoms. The molecule has 5 rings (SSSR count). The molecule has 7 nitrogen and oxygen atoms in total. The lowest BCUT2D eigenvalue weighted by Gasteiger charge is -2.36. The quantitative estimate of drug-likeness (QED) is 0.646. The molecule has 1 saturated heterocycles. The lowest BCUT2D eigenvalue weighted by Crippen LogP contribution is -2.47. The van der Waals surface area contributed by atoms with Crippen molar-refractivity contribution in [3.63, 3.8) is 0 Å². The Morgan fingerprint density at radius 2 is 1.55 bits per heavy atom. The fourth-order valence-corrected chi connectivity index (χ4v) is 5.19. The Hall–Kier alpha value is -3.39. The summed E-state index contributed by atoms with van der Waals surface area (Å²) in [7, 11) is 0. The molecule has 3 amide bonds. The van der Waals surface area contributed by atoms with Crippen molar-refractivity contribution in [3.8, 4) is 0 Å². The summed E-state index contributed by atoms with van der Waals surface area (Å²) in [6, 6.07) is 17.3. The molecule has 0 radical (unpaired) electrons. The molecule has 31 heavy (non-hydrogen) atoms. The molecule has 0 unspecified atom stereocenters. The zero-order chi connectivity index (χ0) is 21.5. The summed E-state index contributed by atoms with van der Waals surface area (Å²) in [6.45, 7) is 4.47. The molecule has 0 saturated carbocycles. The number of fused-ring (bicyclic) bond motifs is 1. The average Bonchev–Trinajstić information content (AvgIpc) is 3.30. The van der Waals surface area contributed by atoms with Crippen molar-refractivity contribution >= 4 is 51.6 Å². The first kappa shape index (κ1) is 19.6. The van der Waals surface area contributed by atoms with Gasteiger partial charge in [0.15, 0.2) is 5.17 Å². The van der Waals surface area contributed by atoms with Crippen LogP contribution in [0.4, 0.5) is 11.4 Å². The van der Waals surface area contributed by atoms with Gasteiger partial charge in [-0.3, -0.25) is 14.4 Å². The van der Waals surface area contributed by atoms with Gasteiger partial charge in [0.05, 0.1) is 16.2 Å². The summed E-state index contributed by atoms with van der Waals surface area (Å²) in [4.78, 5) is 47.9. The minimum absolute atomic E-state index is 0.266. The molecule has 1 fully saturated rings. The van der Waals surface area contributed by atoms with E-state index in [9.17, 15) is 14.4 Å². The van der Waals surface area contributed by atoms with Crippen LogP contribution in [0.3, 0.4) is 0 Å². The maximum atomic E-state index is 13.0. The number of piperazine rings is 1. The average molecular weight is 433 g/mol. The van der Waals surface area contributed by atoms with Crippen LogP contribution in [0, 0.1) is 0 Å². The van der Waals surface area contributed by atoms with Crippen LogP contribution in [-0.4, -0.2) is 54.0 Å². The Morgan fingerprint density at radius 1 is 0.903 bits per heavy atom. The Kier molecular flexibility index (Phi) is 4.86. The molecule has 3 aliphatic rings. The van der Waals surface area contributed by atoms with Crippen LogP contribution < -0.4 is 9.80 Å². The summed E-state index contributed by atoms with van der Waals surface area (Å²) in [5, 5.41) is 0.617. The fraction of sp³-hybridized carbons (Fsp3) is 0.217. The van der Waals surface area contributed by atoms with Gasteiger partial charge in [-0.05, 0) is 30.0 Å². The smallest absolute Gasteiger partial charge is 0.287 e. The number of anilines is 2. The number of carbonyl (C=O) groups excluding carboxylic acids is 3. The molecule has 8 heteroatoms. The van der Waals surface area contributed by atoms with E-state index in [-0.39, 0.29) is 11.5 Å². The second-order valence-corrected chi connectivity index (χ2v) is 8.47. The third kappa shape index (κ3) is 3.33. The van der Waals surface area contributed by atoms with Gasteiger partial charge in [0.25, 0.3) is 11.8 Å². The number of hydrogen-bond donors (Lipinski definition) is 0. The van der Waals surface area contributed by atoms with E-state index in [0.29, 0.717) is 21.3 Å². The van der Waals surface area contributed by atoms with E-state index in [1.165, 1.54) is 24.4 Å². The highest BCUT2D eigenvalue weighted by Crippen LogP contribution is 2.43.